The SMILES string of the molecule is C[Si](O[C@H](C(=O)c1ccccc1)c1cccc2cc[nH]c12)(c1ccccc1)c1ccccc1. The number of fused-ring (bicyclic) bond motifs is 1. The Morgan fingerprint density at radius 1 is 0.727 bits per heavy atom. The molecule has 0 aliphatic rings. The molecule has 1 N–H and O–H groups in total. The molecule has 3 nitrogen and oxygen atoms in total. The highest BCUT2D eigenvalue weighted by molar-refractivity contribution is 6.96. The molecule has 1 atom stereocenters. The molecular weight excluding hydrogens is 422 g/mol. The average molecular weight is 448 g/mol. The maximum Gasteiger partial charge on any atom is 0.254 e. The lowest BCUT2D eigenvalue weighted by molar-refractivity contribution is 0.0788. The number of nitrogens with one attached hydrogen (secondary N) is 1. The number of para-hydroxylation sites is 1. The van der Waals surface area contributed by atoms with Crippen LogP contribution in [0, 0.1) is 0 Å². The van der Waals surface area contributed by atoms with Gasteiger partial charge in [0.25, 0.3) is 8.32 Å². The van der Waals surface area contributed by atoms with Crippen LogP contribution in [0.15, 0.2) is 121 Å². The van der Waals surface area contributed by atoms with Crippen molar-refractivity contribution in [2.24, 2.45) is 0 Å². The third kappa shape index (κ3) is 4.06. The van der Waals surface area contributed by atoms with Gasteiger partial charge in [0, 0.05) is 17.3 Å². The van der Waals surface area contributed by atoms with E-state index < -0.39 is 14.4 Å². The molecule has 5 aromatic rings. The van der Waals surface area contributed by atoms with Gasteiger partial charge in [-0.2, -0.15) is 0 Å². The van der Waals surface area contributed by atoms with E-state index in [0.717, 1.165) is 26.8 Å². The quantitative estimate of drug-likeness (QED) is 0.264. The van der Waals surface area contributed by atoms with Crippen molar-refractivity contribution in [3.8, 4) is 0 Å². The molecule has 0 saturated carbocycles. The Morgan fingerprint density at radius 2 is 1.30 bits per heavy atom. The summed E-state index contributed by atoms with van der Waals surface area (Å²) in [5, 5.41) is 3.31. The molecule has 0 aliphatic carbocycles. The van der Waals surface area contributed by atoms with Gasteiger partial charge >= 0.3 is 0 Å². The van der Waals surface area contributed by atoms with E-state index in [1.54, 1.807) is 0 Å². The number of hydrogen-bond donors (Lipinski definition) is 1. The second-order valence-corrected chi connectivity index (χ2v) is 11.7. The van der Waals surface area contributed by atoms with E-state index in [9.17, 15) is 4.79 Å². The van der Waals surface area contributed by atoms with E-state index in [0.29, 0.717) is 5.56 Å². The fourth-order valence-corrected chi connectivity index (χ4v) is 7.36. The first-order valence-corrected chi connectivity index (χ1v) is 13.5. The molecule has 0 radical (unpaired) electrons. The summed E-state index contributed by atoms with van der Waals surface area (Å²) >= 11 is 0. The lowest BCUT2D eigenvalue weighted by Crippen LogP contribution is -2.59. The fourth-order valence-electron chi connectivity index (χ4n) is 4.39. The van der Waals surface area contributed by atoms with Gasteiger partial charge in [0.1, 0.15) is 6.10 Å². The van der Waals surface area contributed by atoms with Gasteiger partial charge in [-0.05, 0) is 28.4 Å². The van der Waals surface area contributed by atoms with Crippen LogP contribution in [0.5, 0.6) is 0 Å². The van der Waals surface area contributed by atoms with Gasteiger partial charge in [-0.1, -0.05) is 109 Å². The summed E-state index contributed by atoms with van der Waals surface area (Å²) in [5.41, 5.74) is 2.43. The standard InChI is InChI=1S/C29H25NO2Si/c1-33(24-15-7-3-8-16-24,25-17-9-4-10-18-25)32-29(28(31)23-12-5-2-6-13-23)26-19-11-14-22-20-21-30-27(22)26/h2-21,29-30H,1H3/t29-/m0/s1. The van der Waals surface area contributed by atoms with Crippen LogP contribution in [0.2, 0.25) is 6.55 Å². The van der Waals surface area contributed by atoms with E-state index in [2.05, 4.69) is 35.8 Å². The van der Waals surface area contributed by atoms with Gasteiger partial charge in [0.2, 0.25) is 0 Å². The van der Waals surface area contributed by atoms with Crippen LogP contribution < -0.4 is 10.4 Å². The number of hydrogen-bond acceptors (Lipinski definition) is 2. The predicted molar refractivity (Wildman–Crippen MR) is 137 cm³/mol. The topological polar surface area (TPSA) is 42.1 Å². The van der Waals surface area contributed by atoms with Gasteiger partial charge in [0.15, 0.2) is 5.78 Å². The molecule has 0 saturated heterocycles. The molecule has 0 fully saturated rings. The highest BCUT2D eigenvalue weighted by Crippen LogP contribution is 2.31. The third-order valence-corrected chi connectivity index (χ3v) is 9.78. The van der Waals surface area contributed by atoms with Crippen LogP contribution in [0.3, 0.4) is 0 Å². The Balaban J connectivity index is 1.69. The Labute approximate surface area is 194 Å². The first kappa shape index (κ1) is 21.1. The maximum absolute atomic E-state index is 13.9. The van der Waals surface area contributed by atoms with Gasteiger partial charge in [-0.25, -0.2) is 0 Å². The zero-order valence-corrected chi connectivity index (χ0v) is 19.4. The molecule has 1 aromatic heterocycles. The summed E-state index contributed by atoms with van der Waals surface area (Å²) in [4.78, 5) is 17.3. The van der Waals surface area contributed by atoms with Crippen molar-refractivity contribution in [2.75, 3.05) is 0 Å². The number of benzene rings is 4. The van der Waals surface area contributed by atoms with Crippen molar-refractivity contribution in [3.63, 3.8) is 0 Å². The number of aromatic nitrogens is 1. The largest absolute Gasteiger partial charge is 0.394 e. The highest BCUT2D eigenvalue weighted by Gasteiger charge is 2.40. The molecule has 0 aliphatic heterocycles. The maximum atomic E-state index is 13.9. The summed E-state index contributed by atoms with van der Waals surface area (Å²) in [6.45, 7) is 2.18. The average Bonchev–Trinajstić information content (AvgIpc) is 3.38. The number of carbonyl (C=O) groups is 1. The number of ketones is 1. The second kappa shape index (κ2) is 9.02. The Kier molecular flexibility index (Phi) is 5.78. The first-order chi connectivity index (χ1) is 16.2. The summed E-state index contributed by atoms with van der Waals surface area (Å²) < 4.78 is 7.06. The van der Waals surface area contributed by atoms with Crippen LogP contribution in [0.1, 0.15) is 22.0 Å². The molecule has 0 unspecified atom stereocenters. The fraction of sp³-hybridized carbons (Fsp3) is 0.0690. The molecule has 1 heterocycles. The monoisotopic (exact) mass is 447 g/mol. The summed E-state index contributed by atoms with van der Waals surface area (Å²) in [5.74, 6) is -0.0386. The predicted octanol–water partition coefficient (Wildman–Crippen LogP) is 5.50. The van der Waals surface area contributed by atoms with Crippen molar-refractivity contribution in [3.05, 3.63) is 133 Å². The van der Waals surface area contributed by atoms with E-state index in [1.807, 2.05) is 97.2 Å². The number of rotatable bonds is 7. The minimum absolute atomic E-state index is 0.0386. The minimum Gasteiger partial charge on any atom is -0.394 e. The Hall–Kier alpha value is -3.73. The summed E-state index contributed by atoms with van der Waals surface area (Å²) in [6, 6.07) is 38.1. The normalized spacial score (nSPS) is 12.5. The molecule has 4 aromatic carbocycles. The van der Waals surface area contributed by atoms with Crippen LogP contribution >= 0.6 is 0 Å². The molecule has 0 bridgehead atoms. The molecule has 0 amide bonds. The lowest BCUT2D eigenvalue weighted by Gasteiger charge is -2.33. The van der Waals surface area contributed by atoms with Crippen molar-refractivity contribution in [2.45, 2.75) is 12.7 Å². The molecule has 162 valence electrons. The zero-order chi connectivity index (χ0) is 22.7. The molecule has 33 heavy (non-hydrogen) atoms. The van der Waals surface area contributed by atoms with Gasteiger partial charge in [-0.15, -0.1) is 0 Å². The highest BCUT2D eigenvalue weighted by atomic mass is 28.4. The molecule has 5 rings (SSSR count). The number of Topliss-reactive ketones (excluding diaryl/α,β-unsaturated/α-hetero) is 1. The van der Waals surface area contributed by atoms with Gasteiger partial charge < -0.3 is 9.41 Å². The Morgan fingerprint density at radius 3 is 1.91 bits per heavy atom. The Bertz CT molecular complexity index is 1320. The van der Waals surface area contributed by atoms with Crippen molar-refractivity contribution < 1.29 is 9.22 Å². The molecule has 4 heteroatoms. The van der Waals surface area contributed by atoms with Gasteiger partial charge in [-0.3, -0.25) is 4.79 Å². The first-order valence-electron chi connectivity index (χ1n) is 11.1. The number of H-pyrrole nitrogens is 1. The van der Waals surface area contributed by atoms with Crippen molar-refractivity contribution in [1.29, 1.82) is 0 Å². The van der Waals surface area contributed by atoms with Crippen molar-refractivity contribution >= 4 is 35.4 Å². The summed E-state index contributed by atoms with van der Waals surface area (Å²) in [6.07, 6.45) is 1.16. The molecule has 0 spiro atoms. The van der Waals surface area contributed by atoms with E-state index in [1.165, 1.54) is 0 Å². The molecular formula is C29H25NO2Si. The van der Waals surface area contributed by atoms with E-state index >= 15 is 0 Å². The number of aromatic amines is 1. The smallest absolute Gasteiger partial charge is 0.254 e. The minimum atomic E-state index is -2.74. The second-order valence-electron chi connectivity index (χ2n) is 8.28. The van der Waals surface area contributed by atoms with Crippen LogP contribution in [0.4, 0.5) is 0 Å². The zero-order valence-electron chi connectivity index (χ0n) is 18.4. The van der Waals surface area contributed by atoms with Crippen LogP contribution in [0.25, 0.3) is 10.9 Å². The summed E-state index contributed by atoms with van der Waals surface area (Å²) in [7, 11) is -2.74. The van der Waals surface area contributed by atoms with Crippen LogP contribution in [-0.2, 0) is 4.43 Å². The van der Waals surface area contributed by atoms with E-state index in [4.69, 9.17) is 4.43 Å². The van der Waals surface area contributed by atoms with E-state index in [-0.39, 0.29) is 5.78 Å². The lowest BCUT2D eigenvalue weighted by atomic mass is 9.98. The van der Waals surface area contributed by atoms with Crippen LogP contribution in [-0.4, -0.2) is 19.1 Å². The van der Waals surface area contributed by atoms with Gasteiger partial charge in [0.05, 0.1) is 5.52 Å². The van der Waals surface area contributed by atoms with Crippen molar-refractivity contribution in [1.82, 2.24) is 4.98 Å². The number of carbonyl (C=O) groups excluding carboxylic acids is 1. The third-order valence-electron chi connectivity index (χ3n) is 6.20.